The van der Waals surface area contributed by atoms with Gasteiger partial charge in [0.2, 0.25) is 0 Å². The van der Waals surface area contributed by atoms with Crippen LogP contribution in [0.2, 0.25) is 0 Å². The molecule has 0 aliphatic rings. The molecule has 1 aromatic carbocycles. The molecule has 4 heterocycles. The highest BCUT2D eigenvalue weighted by Gasteiger charge is 2.20. The molecule has 1 amide bonds. The lowest BCUT2D eigenvalue weighted by Crippen LogP contribution is -2.28. The van der Waals surface area contributed by atoms with E-state index in [-0.39, 0.29) is 5.56 Å². The van der Waals surface area contributed by atoms with Gasteiger partial charge in [0.05, 0.1) is 23.7 Å². The molecule has 4 aromatic heterocycles. The van der Waals surface area contributed by atoms with Crippen molar-refractivity contribution >= 4 is 17.4 Å². The monoisotopic (exact) mass is 440 g/mol. The summed E-state index contributed by atoms with van der Waals surface area (Å²) in [5, 5.41) is 4.22. The van der Waals surface area contributed by atoms with Crippen LogP contribution in [0.5, 0.6) is 0 Å². The van der Waals surface area contributed by atoms with Gasteiger partial charge in [-0.3, -0.25) is 18.8 Å². The SMILES string of the molecule is Cc1ccnc(N(C)C(=O)c2ccc(-c3cnc4ccc(-c5cnn(C)c5)cn34)cc2F)c1. The van der Waals surface area contributed by atoms with Gasteiger partial charge in [0.15, 0.2) is 0 Å². The van der Waals surface area contributed by atoms with Crippen molar-refractivity contribution in [2.75, 3.05) is 11.9 Å². The Morgan fingerprint density at radius 2 is 1.79 bits per heavy atom. The second-order valence-electron chi connectivity index (χ2n) is 7.94. The number of amides is 1. The van der Waals surface area contributed by atoms with Crippen LogP contribution >= 0.6 is 0 Å². The first-order valence-corrected chi connectivity index (χ1v) is 10.4. The Labute approximate surface area is 189 Å². The molecular weight excluding hydrogens is 419 g/mol. The minimum Gasteiger partial charge on any atom is -0.299 e. The zero-order valence-corrected chi connectivity index (χ0v) is 18.4. The third-order valence-corrected chi connectivity index (χ3v) is 5.59. The van der Waals surface area contributed by atoms with Gasteiger partial charge in [-0.25, -0.2) is 14.4 Å². The molecular formula is C25H21FN6O. The number of rotatable bonds is 4. The van der Waals surface area contributed by atoms with Crippen molar-refractivity contribution < 1.29 is 9.18 Å². The number of nitrogens with zero attached hydrogens (tertiary/aromatic N) is 6. The van der Waals surface area contributed by atoms with Crippen LogP contribution in [0.15, 0.2) is 73.4 Å². The third kappa shape index (κ3) is 3.76. The topological polar surface area (TPSA) is 68.3 Å². The molecule has 5 aromatic rings. The number of carbonyl (C=O) groups is 1. The third-order valence-electron chi connectivity index (χ3n) is 5.59. The lowest BCUT2D eigenvalue weighted by Gasteiger charge is -2.17. The molecule has 0 spiro atoms. The molecule has 0 atom stereocenters. The summed E-state index contributed by atoms with van der Waals surface area (Å²) in [7, 11) is 3.45. The Morgan fingerprint density at radius 3 is 2.52 bits per heavy atom. The minimum atomic E-state index is -0.602. The average Bonchev–Trinajstić information content (AvgIpc) is 3.44. The van der Waals surface area contributed by atoms with Gasteiger partial charge in [-0.05, 0) is 48.9 Å². The van der Waals surface area contributed by atoms with E-state index >= 15 is 4.39 Å². The lowest BCUT2D eigenvalue weighted by atomic mass is 10.1. The maximum atomic E-state index is 15.1. The van der Waals surface area contributed by atoms with Crippen LogP contribution < -0.4 is 4.90 Å². The van der Waals surface area contributed by atoms with E-state index in [9.17, 15) is 4.79 Å². The average molecular weight is 440 g/mol. The first-order valence-electron chi connectivity index (χ1n) is 10.4. The summed E-state index contributed by atoms with van der Waals surface area (Å²) in [6, 6.07) is 12.1. The van der Waals surface area contributed by atoms with E-state index in [0.29, 0.717) is 11.4 Å². The molecule has 8 heteroatoms. The molecule has 0 unspecified atom stereocenters. The summed E-state index contributed by atoms with van der Waals surface area (Å²) in [6.45, 7) is 1.91. The van der Waals surface area contributed by atoms with Gasteiger partial charge in [0, 0.05) is 49.4 Å². The molecule has 0 saturated carbocycles. The molecule has 0 radical (unpaired) electrons. The Hall–Kier alpha value is -4.33. The number of halogens is 1. The fourth-order valence-electron chi connectivity index (χ4n) is 3.77. The van der Waals surface area contributed by atoms with Gasteiger partial charge in [-0.1, -0.05) is 6.07 Å². The molecule has 0 fully saturated rings. The number of hydrogen-bond acceptors (Lipinski definition) is 4. The quantitative estimate of drug-likeness (QED) is 0.412. The lowest BCUT2D eigenvalue weighted by molar-refractivity contribution is 0.0988. The maximum Gasteiger partial charge on any atom is 0.262 e. The number of imidazole rings is 1. The van der Waals surface area contributed by atoms with Crippen LogP contribution in [0.1, 0.15) is 15.9 Å². The number of anilines is 1. The molecule has 164 valence electrons. The van der Waals surface area contributed by atoms with Gasteiger partial charge < -0.3 is 0 Å². The highest BCUT2D eigenvalue weighted by molar-refractivity contribution is 6.05. The molecule has 5 rings (SSSR count). The number of fused-ring (bicyclic) bond motifs is 1. The number of aryl methyl sites for hydroxylation is 2. The number of benzene rings is 1. The van der Waals surface area contributed by atoms with Gasteiger partial charge in [-0.2, -0.15) is 5.10 Å². The van der Waals surface area contributed by atoms with Crippen molar-refractivity contribution in [1.82, 2.24) is 24.1 Å². The summed E-state index contributed by atoms with van der Waals surface area (Å²) in [5.41, 5.74) is 4.97. The summed E-state index contributed by atoms with van der Waals surface area (Å²) in [6.07, 6.45) is 8.98. The van der Waals surface area contributed by atoms with E-state index in [2.05, 4.69) is 15.1 Å². The predicted octanol–water partition coefficient (Wildman–Crippen LogP) is 4.52. The summed E-state index contributed by atoms with van der Waals surface area (Å²) in [4.78, 5) is 22.9. The van der Waals surface area contributed by atoms with Crippen molar-refractivity contribution in [2.45, 2.75) is 6.92 Å². The number of aromatic nitrogens is 5. The largest absolute Gasteiger partial charge is 0.299 e. The Balaban J connectivity index is 1.50. The van der Waals surface area contributed by atoms with Crippen molar-refractivity contribution in [3.63, 3.8) is 0 Å². The Bertz CT molecular complexity index is 1500. The van der Waals surface area contributed by atoms with E-state index in [0.717, 1.165) is 28.0 Å². The van der Waals surface area contributed by atoms with Crippen LogP contribution in [-0.2, 0) is 7.05 Å². The first-order chi connectivity index (χ1) is 15.9. The van der Waals surface area contributed by atoms with E-state index in [4.69, 9.17) is 0 Å². The van der Waals surface area contributed by atoms with Gasteiger partial charge in [0.25, 0.3) is 5.91 Å². The zero-order chi connectivity index (χ0) is 23.1. The van der Waals surface area contributed by atoms with Crippen LogP contribution in [0.25, 0.3) is 28.0 Å². The van der Waals surface area contributed by atoms with E-state index in [1.54, 1.807) is 42.5 Å². The number of hydrogen-bond donors (Lipinski definition) is 0. The molecule has 0 bridgehead atoms. The van der Waals surface area contributed by atoms with E-state index in [1.807, 2.05) is 49.0 Å². The Morgan fingerprint density at radius 1 is 0.970 bits per heavy atom. The number of pyridine rings is 2. The summed E-state index contributed by atoms with van der Waals surface area (Å²) >= 11 is 0. The first kappa shape index (κ1) is 20.6. The fraction of sp³-hybridized carbons (Fsp3) is 0.120. The van der Waals surface area contributed by atoms with Crippen molar-refractivity contribution in [3.8, 4) is 22.4 Å². The molecule has 0 N–H and O–H groups in total. The Kier molecular flexibility index (Phi) is 4.97. The zero-order valence-electron chi connectivity index (χ0n) is 18.4. The van der Waals surface area contributed by atoms with Crippen LogP contribution in [0.3, 0.4) is 0 Å². The van der Waals surface area contributed by atoms with Crippen molar-refractivity contribution in [3.05, 3.63) is 90.4 Å². The highest BCUT2D eigenvalue weighted by atomic mass is 19.1. The summed E-state index contributed by atoms with van der Waals surface area (Å²) in [5.74, 6) is -0.599. The van der Waals surface area contributed by atoms with E-state index < -0.39 is 11.7 Å². The van der Waals surface area contributed by atoms with Crippen molar-refractivity contribution in [1.29, 1.82) is 0 Å². The van der Waals surface area contributed by atoms with Gasteiger partial charge >= 0.3 is 0 Å². The van der Waals surface area contributed by atoms with E-state index in [1.165, 1.54) is 17.0 Å². The molecule has 7 nitrogen and oxygen atoms in total. The minimum absolute atomic E-state index is 0.0191. The maximum absolute atomic E-state index is 15.1. The normalized spacial score (nSPS) is 11.2. The second kappa shape index (κ2) is 7.98. The van der Waals surface area contributed by atoms with Crippen molar-refractivity contribution in [2.24, 2.45) is 7.05 Å². The fourth-order valence-corrected chi connectivity index (χ4v) is 3.77. The standard InChI is InChI=1S/C25H21FN6O/c1-16-8-9-27-24(10-16)31(3)25(33)20-6-4-17(11-21(20)26)22-13-28-23-7-5-18(15-32(22)23)19-12-29-30(2)14-19/h4-15H,1-3H3. The van der Waals surface area contributed by atoms with Crippen LogP contribution in [0.4, 0.5) is 10.2 Å². The molecule has 33 heavy (non-hydrogen) atoms. The van der Waals surface area contributed by atoms with Crippen LogP contribution in [0, 0.1) is 12.7 Å². The summed E-state index contributed by atoms with van der Waals surface area (Å²) < 4.78 is 18.7. The molecule has 0 aliphatic carbocycles. The highest BCUT2D eigenvalue weighted by Crippen LogP contribution is 2.27. The molecule has 0 saturated heterocycles. The van der Waals surface area contributed by atoms with Gasteiger partial charge in [-0.15, -0.1) is 0 Å². The molecule has 0 aliphatic heterocycles. The van der Waals surface area contributed by atoms with Crippen LogP contribution in [-0.4, -0.2) is 37.1 Å². The van der Waals surface area contributed by atoms with Gasteiger partial charge in [0.1, 0.15) is 17.3 Å². The predicted molar refractivity (Wildman–Crippen MR) is 124 cm³/mol. The smallest absolute Gasteiger partial charge is 0.262 e. The second-order valence-corrected chi connectivity index (χ2v) is 7.94. The number of carbonyl (C=O) groups excluding carboxylic acids is 1.